The molecule has 0 bridgehead atoms. The fourth-order valence-electron chi connectivity index (χ4n) is 11.6. The summed E-state index contributed by atoms with van der Waals surface area (Å²) in [4.78, 5) is 12.6. The number of ether oxygens (including phenoxy) is 2. The van der Waals surface area contributed by atoms with E-state index >= 15 is 0 Å². The van der Waals surface area contributed by atoms with Gasteiger partial charge in [0.1, 0.15) is 6.10 Å². The van der Waals surface area contributed by atoms with Crippen LogP contribution in [-0.2, 0) is 9.47 Å². The summed E-state index contributed by atoms with van der Waals surface area (Å²) in [5.41, 5.74) is 2.43. The standard InChI is InChI=1S/C45H80O3/c1-7-8-9-10-11-12-13-14-15-16-17-18-19-20-21-33-47-43(46)48-38-29-31-44(5)37(34-38)25-26-39-41-28-27-40(36(4)24-22-23-35(2)3)45(41,6)32-30-42(39)44/h25,35-36,38-42H,7-24,26-34H2,1-6H3/t36-,38-,39+,40-,41+,42+,44-,45+/m0/s1. The molecule has 8 atom stereocenters. The molecule has 0 aromatic heterocycles. The normalized spacial score (nSPS) is 31.9. The van der Waals surface area contributed by atoms with Gasteiger partial charge < -0.3 is 9.47 Å². The second-order valence-electron chi connectivity index (χ2n) is 18.3. The molecule has 0 amide bonds. The van der Waals surface area contributed by atoms with Gasteiger partial charge in [-0.05, 0) is 97.7 Å². The Morgan fingerprint density at radius 1 is 0.750 bits per heavy atom. The quantitative estimate of drug-likeness (QED) is 0.0654. The van der Waals surface area contributed by atoms with Gasteiger partial charge in [-0.3, -0.25) is 0 Å². The number of carbonyl (C=O) groups is 1. The Morgan fingerprint density at radius 3 is 2.00 bits per heavy atom. The van der Waals surface area contributed by atoms with E-state index in [9.17, 15) is 4.79 Å². The van der Waals surface area contributed by atoms with E-state index < -0.39 is 6.16 Å². The highest BCUT2D eigenvalue weighted by Gasteiger charge is 2.59. The number of hydrogen-bond donors (Lipinski definition) is 0. The molecule has 0 spiro atoms. The van der Waals surface area contributed by atoms with E-state index in [1.165, 1.54) is 135 Å². The number of carbonyl (C=O) groups excluding carboxylic acids is 1. The maximum absolute atomic E-state index is 12.6. The van der Waals surface area contributed by atoms with Crippen molar-refractivity contribution in [2.75, 3.05) is 6.61 Å². The first-order valence-electron chi connectivity index (χ1n) is 21.7. The summed E-state index contributed by atoms with van der Waals surface area (Å²) >= 11 is 0. The van der Waals surface area contributed by atoms with E-state index in [2.05, 4.69) is 47.6 Å². The van der Waals surface area contributed by atoms with Gasteiger partial charge in [0.25, 0.3) is 0 Å². The van der Waals surface area contributed by atoms with Crippen molar-refractivity contribution in [3.63, 3.8) is 0 Å². The Bertz CT molecular complexity index is 954. The van der Waals surface area contributed by atoms with E-state index in [4.69, 9.17) is 9.47 Å². The molecule has 0 heterocycles. The van der Waals surface area contributed by atoms with Crippen molar-refractivity contribution in [1.82, 2.24) is 0 Å². The van der Waals surface area contributed by atoms with Gasteiger partial charge in [0.2, 0.25) is 0 Å². The summed E-state index contributed by atoms with van der Waals surface area (Å²) in [5, 5.41) is 0. The first kappa shape index (κ1) is 39.8. The Hall–Kier alpha value is -0.990. The average Bonchev–Trinajstić information content (AvgIpc) is 3.42. The monoisotopic (exact) mass is 669 g/mol. The molecule has 0 aromatic rings. The Morgan fingerprint density at radius 2 is 1.38 bits per heavy atom. The molecule has 3 saturated carbocycles. The molecule has 3 heteroatoms. The average molecular weight is 669 g/mol. The third-order valence-corrected chi connectivity index (χ3v) is 14.5. The summed E-state index contributed by atoms with van der Waals surface area (Å²) in [7, 11) is 0. The first-order chi connectivity index (χ1) is 23.2. The first-order valence-corrected chi connectivity index (χ1v) is 21.7. The number of unbranched alkanes of at least 4 members (excludes halogenated alkanes) is 14. The van der Waals surface area contributed by atoms with Crippen molar-refractivity contribution in [3.8, 4) is 0 Å². The molecule has 0 radical (unpaired) electrons. The third kappa shape index (κ3) is 11.0. The van der Waals surface area contributed by atoms with Gasteiger partial charge in [0.15, 0.2) is 0 Å². The fraction of sp³-hybridized carbons (Fsp3) is 0.933. The van der Waals surface area contributed by atoms with Crippen molar-refractivity contribution in [1.29, 1.82) is 0 Å². The van der Waals surface area contributed by atoms with Gasteiger partial charge >= 0.3 is 6.16 Å². The minimum absolute atomic E-state index is 0.00848. The zero-order valence-corrected chi connectivity index (χ0v) is 32.9. The van der Waals surface area contributed by atoms with Gasteiger partial charge in [-0.25, -0.2) is 4.79 Å². The van der Waals surface area contributed by atoms with E-state index in [0.29, 0.717) is 17.4 Å². The van der Waals surface area contributed by atoms with Crippen LogP contribution in [0.1, 0.15) is 208 Å². The summed E-state index contributed by atoms with van der Waals surface area (Å²) < 4.78 is 11.5. The second-order valence-corrected chi connectivity index (χ2v) is 18.3. The predicted octanol–water partition coefficient (Wildman–Crippen LogP) is 14.4. The summed E-state index contributed by atoms with van der Waals surface area (Å²) in [5.74, 6) is 5.17. The SMILES string of the molecule is CCCCCCCCCCCCCCCCCOC(=O)O[C@H]1CC[C@@]2(C)C(=CC[C@@H]3[C@H]4CC[C@@H]([C@@H](C)CCCC(C)C)[C@@]4(C)CC[C@H]32)C1. The minimum atomic E-state index is -0.434. The molecule has 0 aliphatic heterocycles. The van der Waals surface area contributed by atoms with E-state index in [1.807, 2.05) is 0 Å². The number of allylic oxidation sites excluding steroid dienone is 1. The lowest BCUT2D eigenvalue weighted by Crippen LogP contribution is -2.51. The third-order valence-electron chi connectivity index (χ3n) is 14.5. The Labute approximate surface area is 298 Å². The Kier molecular flexibility index (Phi) is 16.7. The molecule has 4 aliphatic carbocycles. The van der Waals surface area contributed by atoms with Crippen LogP contribution in [0.15, 0.2) is 11.6 Å². The molecule has 48 heavy (non-hydrogen) atoms. The largest absolute Gasteiger partial charge is 0.508 e. The smallest absolute Gasteiger partial charge is 0.434 e. The van der Waals surface area contributed by atoms with E-state index in [-0.39, 0.29) is 6.10 Å². The van der Waals surface area contributed by atoms with Gasteiger partial charge in [0.05, 0.1) is 6.61 Å². The van der Waals surface area contributed by atoms with Crippen LogP contribution in [0.2, 0.25) is 0 Å². The van der Waals surface area contributed by atoms with Crippen molar-refractivity contribution in [3.05, 3.63) is 11.6 Å². The van der Waals surface area contributed by atoms with Crippen molar-refractivity contribution >= 4 is 6.16 Å². The molecule has 3 fully saturated rings. The molecule has 0 saturated heterocycles. The van der Waals surface area contributed by atoms with Crippen molar-refractivity contribution in [2.45, 2.75) is 215 Å². The van der Waals surface area contributed by atoms with Crippen LogP contribution >= 0.6 is 0 Å². The van der Waals surface area contributed by atoms with Crippen molar-refractivity contribution < 1.29 is 14.3 Å². The van der Waals surface area contributed by atoms with Crippen LogP contribution in [0.3, 0.4) is 0 Å². The highest BCUT2D eigenvalue weighted by molar-refractivity contribution is 5.60. The van der Waals surface area contributed by atoms with Gasteiger partial charge in [-0.1, -0.05) is 162 Å². The maximum atomic E-state index is 12.6. The van der Waals surface area contributed by atoms with Crippen molar-refractivity contribution in [2.24, 2.45) is 46.3 Å². The van der Waals surface area contributed by atoms with Gasteiger partial charge in [-0.2, -0.15) is 0 Å². The second kappa shape index (κ2) is 20.2. The fourth-order valence-corrected chi connectivity index (χ4v) is 11.6. The molecule has 0 N–H and O–H groups in total. The van der Waals surface area contributed by atoms with Gasteiger partial charge in [-0.15, -0.1) is 0 Å². The lowest BCUT2D eigenvalue weighted by molar-refractivity contribution is -0.0617. The highest BCUT2D eigenvalue weighted by Crippen LogP contribution is 2.67. The molecular formula is C45H80O3. The number of hydrogen-bond acceptors (Lipinski definition) is 3. The lowest BCUT2D eigenvalue weighted by Gasteiger charge is -2.58. The lowest BCUT2D eigenvalue weighted by atomic mass is 9.47. The number of rotatable bonds is 22. The molecule has 278 valence electrons. The zero-order valence-electron chi connectivity index (χ0n) is 32.9. The minimum Gasteiger partial charge on any atom is -0.434 e. The van der Waals surface area contributed by atoms with E-state index in [0.717, 1.165) is 67.6 Å². The number of fused-ring (bicyclic) bond motifs is 5. The summed E-state index contributed by atoms with van der Waals surface area (Å²) in [6.07, 6.45) is 36.6. The molecule has 4 aliphatic rings. The molecular weight excluding hydrogens is 588 g/mol. The topological polar surface area (TPSA) is 35.5 Å². The van der Waals surface area contributed by atoms with Crippen LogP contribution in [0.5, 0.6) is 0 Å². The molecule has 0 aromatic carbocycles. The predicted molar refractivity (Wildman–Crippen MR) is 204 cm³/mol. The summed E-state index contributed by atoms with van der Waals surface area (Å²) in [6.45, 7) is 15.4. The van der Waals surface area contributed by atoms with Crippen LogP contribution in [0, 0.1) is 46.3 Å². The highest BCUT2D eigenvalue weighted by atomic mass is 16.7. The van der Waals surface area contributed by atoms with Gasteiger partial charge in [0, 0.05) is 6.42 Å². The van der Waals surface area contributed by atoms with Crippen LogP contribution in [-0.4, -0.2) is 18.9 Å². The van der Waals surface area contributed by atoms with Crippen LogP contribution < -0.4 is 0 Å². The Balaban J connectivity index is 1.08. The van der Waals surface area contributed by atoms with Crippen LogP contribution in [0.25, 0.3) is 0 Å². The molecule has 3 nitrogen and oxygen atoms in total. The van der Waals surface area contributed by atoms with Crippen LogP contribution in [0.4, 0.5) is 4.79 Å². The zero-order chi connectivity index (χ0) is 34.4. The van der Waals surface area contributed by atoms with E-state index in [1.54, 1.807) is 5.57 Å². The maximum Gasteiger partial charge on any atom is 0.508 e. The summed E-state index contributed by atoms with van der Waals surface area (Å²) in [6, 6.07) is 0. The molecule has 4 rings (SSSR count). The molecule has 0 unspecified atom stereocenters.